The molecular formula is C14H31OP. The van der Waals surface area contributed by atoms with Crippen molar-refractivity contribution < 1.29 is 4.57 Å². The zero-order valence-electron chi connectivity index (χ0n) is 12.8. The van der Waals surface area contributed by atoms with Gasteiger partial charge in [-0.2, -0.15) is 0 Å². The van der Waals surface area contributed by atoms with Crippen molar-refractivity contribution in [1.29, 1.82) is 0 Å². The first-order chi connectivity index (χ1) is 6.66. The van der Waals surface area contributed by atoms with Crippen LogP contribution in [0.2, 0.25) is 0 Å². The summed E-state index contributed by atoms with van der Waals surface area (Å²) in [5.74, 6) is 0. The smallest absolute Gasteiger partial charge is 0.0937 e. The average Bonchev–Trinajstić information content (AvgIpc) is 1.72. The molecule has 0 saturated carbocycles. The minimum Gasteiger partial charge on any atom is -0.323 e. The van der Waals surface area contributed by atoms with Crippen molar-refractivity contribution in [2.75, 3.05) is 12.3 Å². The van der Waals surface area contributed by atoms with Crippen molar-refractivity contribution in [2.24, 2.45) is 10.8 Å². The molecule has 0 spiro atoms. The first-order valence-electron chi connectivity index (χ1n) is 6.25. The minimum atomic E-state index is -2.15. The Bertz CT molecular complexity index is 251. The van der Waals surface area contributed by atoms with Crippen LogP contribution in [0, 0.1) is 10.8 Å². The molecule has 0 bridgehead atoms. The summed E-state index contributed by atoms with van der Waals surface area (Å²) in [6.07, 6.45) is 1.70. The van der Waals surface area contributed by atoms with Gasteiger partial charge in [-0.3, -0.25) is 0 Å². The Labute approximate surface area is 103 Å². The van der Waals surface area contributed by atoms with E-state index in [4.69, 9.17) is 0 Å². The van der Waals surface area contributed by atoms with Crippen LogP contribution in [0.25, 0.3) is 0 Å². The van der Waals surface area contributed by atoms with E-state index < -0.39 is 7.14 Å². The predicted molar refractivity (Wildman–Crippen MR) is 76.0 cm³/mol. The lowest BCUT2D eigenvalue weighted by molar-refractivity contribution is 0.424. The number of rotatable bonds is 2. The first kappa shape index (κ1) is 16.2. The molecule has 0 aliphatic carbocycles. The third kappa shape index (κ3) is 5.53. The highest BCUT2D eigenvalue weighted by Crippen LogP contribution is 2.62. The second kappa shape index (κ2) is 4.48. The monoisotopic (exact) mass is 246 g/mol. The van der Waals surface area contributed by atoms with E-state index >= 15 is 0 Å². The minimum absolute atomic E-state index is 0.0758. The maximum atomic E-state index is 13.3. The Hall–Kier alpha value is 0.230. The summed E-state index contributed by atoms with van der Waals surface area (Å²) in [5.41, 5.74) is 0.294. The van der Waals surface area contributed by atoms with Crippen molar-refractivity contribution in [2.45, 2.75) is 67.5 Å². The summed E-state index contributed by atoms with van der Waals surface area (Å²) in [6.45, 7) is 19.5. The summed E-state index contributed by atoms with van der Waals surface area (Å²) in [6, 6.07) is 0. The third-order valence-electron chi connectivity index (χ3n) is 2.68. The maximum Gasteiger partial charge on any atom is 0.0937 e. The Morgan fingerprint density at radius 3 is 1.06 bits per heavy atom. The van der Waals surface area contributed by atoms with E-state index in [1.807, 2.05) is 0 Å². The molecule has 0 amide bonds. The van der Waals surface area contributed by atoms with Gasteiger partial charge < -0.3 is 4.57 Å². The molecule has 0 aromatic heterocycles. The Balaban J connectivity index is 5.16. The van der Waals surface area contributed by atoms with Crippen molar-refractivity contribution in [3.63, 3.8) is 0 Å². The second-order valence-corrected chi connectivity index (χ2v) is 12.3. The number of hydrogen-bond donors (Lipinski definition) is 0. The molecule has 0 radical (unpaired) electrons. The van der Waals surface area contributed by atoms with Crippen molar-refractivity contribution in [3.8, 4) is 0 Å². The SMILES string of the molecule is CC(C)(C)CP(=O)(CC(C)(C)C)C(C)(C)C. The van der Waals surface area contributed by atoms with Crippen LogP contribution in [0.3, 0.4) is 0 Å². The van der Waals surface area contributed by atoms with Crippen LogP contribution < -0.4 is 0 Å². The van der Waals surface area contributed by atoms with Crippen LogP contribution in [0.15, 0.2) is 0 Å². The van der Waals surface area contributed by atoms with Gasteiger partial charge >= 0.3 is 0 Å². The molecule has 0 aliphatic rings. The summed E-state index contributed by atoms with van der Waals surface area (Å²) < 4.78 is 13.3. The van der Waals surface area contributed by atoms with Crippen LogP contribution in [-0.4, -0.2) is 17.5 Å². The van der Waals surface area contributed by atoms with Gasteiger partial charge in [0.25, 0.3) is 0 Å². The third-order valence-corrected chi connectivity index (χ3v) is 8.05. The van der Waals surface area contributed by atoms with E-state index in [-0.39, 0.29) is 16.0 Å². The van der Waals surface area contributed by atoms with E-state index in [1.165, 1.54) is 0 Å². The lowest BCUT2D eigenvalue weighted by Gasteiger charge is -2.39. The van der Waals surface area contributed by atoms with Crippen LogP contribution in [0.5, 0.6) is 0 Å². The van der Waals surface area contributed by atoms with Crippen molar-refractivity contribution in [3.05, 3.63) is 0 Å². The first-order valence-corrected chi connectivity index (χ1v) is 8.32. The van der Waals surface area contributed by atoms with E-state index in [1.54, 1.807) is 0 Å². The highest BCUT2D eigenvalue weighted by Gasteiger charge is 2.41. The molecule has 2 heteroatoms. The van der Waals surface area contributed by atoms with Crippen LogP contribution in [0.4, 0.5) is 0 Å². The lowest BCUT2D eigenvalue weighted by Crippen LogP contribution is -2.29. The molecule has 0 rings (SSSR count). The molecule has 0 aliphatic heterocycles. The van der Waals surface area contributed by atoms with Gasteiger partial charge in [-0.15, -0.1) is 0 Å². The zero-order valence-corrected chi connectivity index (χ0v) is 13.7. The normalized spacial score (nSPS) is 15.3. The second-order valence-electron chi connectivity index (χ2n) is 8.50. The van der Waals surface area contributed by atoms with Crippen LogP contribution >= 0.6 is 7.14 Å². The molecule has 0 saturated heterocycles. The quantitative estimate of drug-likeness (QED) is 0.609. The van der Waals surface area contributed by atoms with Crippen LogP contribution in [0.1, 0.15) is 62.3 Å². The van der Waals surface area contributed by atoms with Gasteiger partial charge in [-0.25, -0.2) is 0 Å². The molecule has 0 N–H and O–H groups in total. The van der Waals surface area contributed by atoms with Gasteiger partial charge in [0.15, 0.2) is 0 Å². The van der Waals surface area contributed by atoms with Crippen molar-refractivity contribution >= 4 is 7.14 Å². The topological polar surface area (TPSA) is 17.1 Å². The number of hydrogen-bond acceptors (Lipinski definition) is 1. The van der Waals surface area contributed by atoms with Gasteiger partial charge in [-0.05, 0) is 10.8 Å². The van der Waals surface area contributed by atoms with Gasteiger partial charge in [0.2, 0.25) is 0 Å². The Morgan fingerprint density at radius 2 is 0.938 bits per heavy atom. The fourth-order valence-electron chi connectivity index (χ4n) is 2.06. The molecule has 0 heterocycles. The zero-order chi connectivity index (χ0) is 13.4. The lowest BCUT2D eigenvalue weighted by atomic mass is 10.00. The molecule has 0 atom stereocenters. The predicted octanol–water partition coefficient (Wildman–Crippen LogP) is 5.24. The summed E-state index contributed by atoms with van der Waals surface area (Å²) in [7, 11) is -2.15. The fraction of sp³-hybridized carbons (Fsp3) is 1.00. The molecule has 0 aromatic rings. The molecule has 1 nitrogen and oxygen atoms in total. The molecular weight excluding hydrogens is 215 g/mol. The Kier molecular flexibility index (Phi) is 4.55. The van der Waals surface area contributed by atoms with Gasteiger partial charge in [0.05, 0.1) is 7.14 Å². The largest absolute Gasteiger partial charge is 0.323 e. The van der Waals surface area contributed by atoms with Crippen molar-refractivity contribution in [1.82, 2.24) is 0 Å². The Morgan fingerprint density at radius 1 is 0.688 bits per heavy atom. The van der Waals surface area contributed by atoms with E-state index in [9.17, 15) is 4.57 Å². The summed E-state index contributed by atoms with van der Waals surface area (Å²) >= 11 is 0. The van der Waals surface area contributed by atoms with E-state index in [0.717, 1.165) is 12.3 Å². The fourth-order valence-corrected chi connectivity index (χ4v) is 6.19. The van der Waals surface area contributed by atoms with Gasteiger partial charge in [0, 0.05) is 17.5 Å². The average molecular weight is 246 g/mol. The van der Waals surface area contributed by atoms with Gasteiger partial charge in [-0.1, -0.05) is 62.3 Å². The molecule has 0 fully saturated rings. The highest BCUT2D eigenvalue weighted by atomic mass is 31.2. The standard InChI is InChI=1S/C14H31OP/c1-12(2,3)10-16(15,14(7,8)9)11-13(4,5)6/h10-11H2,1-9H3. The molecule has 98 valence electrons. The van der Waals surface area contributed by atoms with Crippen LogP contribution in [-0.2, 0) is 4.57 Å². The van der Waals surface area contributed by atoms with Gasteiger partial charge in [0.1, 0.15) is 0 Å². The maximum absolute atomic E-state index is 13.3. The molecule has 0 unspecified atom stereocenters. The molecule has 0 aromatic carbocycles. The summed E-state index contributed by atoms with van der Waals surface area (Å²) in [4.78, 5) is 0. The van der Waals surface area contributed by atoms with E-state index in [2.05, 4.69) is 62.3 Å². The van der Waals surface area contributed by atoms with E-state index in [0.29, 0.717) is 0 Å². The molecule has 16 heavy (non-hydrogen) atoms. The summed E-state index contributed by atoms with van der Waals surface area (Å²) in [5, 5.41) is -0.0758. The highest BCUT2D eigenvalue weighted by molar-refractivity contribution is 7.65.